The summed E-state index contributed by atoms with van der Waals surface area (Å²) in [5.74, 6) is -1.49. The van der Waals surface area contributed by atoms with Crippen LogP contribution in [0.1, 0.15) is 30.6 Å². The van der Waals surface area contributed by atoms with E-state index in [9.17, 15) is 14.7 Å². The third-order valence-electron chi connectivity index (χ3n) is 3.22. The van der Waals surface area contributed by atoms with Crippen molar-refractivity contribution in [1.29, 1.82) is 0 Å². The van der Waals surface area contributed by atoms with Crippen molar-refractivity contribution in [2.45, 2.75) is 26.3 Å². The number of para-hydroxylation sites is 1. The van der Waals surface area contributed by atoms with E-state index >= 15 is 0 Å². The minimum Gasteiger partial charge on any atom is -0.480 e. The van der Waals surface area contributed by atoms with Crippen molar-refractivity contribution in [2.24, 2.45) is 0 Å². The van der Waals surface area contributed by atoms with E-state index in [2.05, 4.69) is 10.3 Å². The number of carbonyl (C=O) groups is 2. The van der Waals surface area contributed by atoms with Crippen molar-refractivity contribution in [1.82, 2.24) is 10.3 Å². The quantitative estimate of drug-likeness (QED) is 0.832. The second kappa shape index (κ2) is 6.85. The molecule has 114 valence electrons. The Morgan fingerprint density at radius 3 is 2.73 bits per heavy atom. The summed E-state index contributed by atoms with van der Waals surface area (Å²) in [5.41, 5.74) is 2.15. The number of fused-ring (bicyclic) bond motifs is 1. The number of nitrogens with zero attached hydrogens (tertiary/aromatic N) is 1. The summed E-state index contributed by atoms with van der Waals surface area (Å²) in [5, 5.41) is 12.6. The molecule has 5 nitrogen and oxygen atoms in total. The van der Waals surface area contributed by atoms with Gasteiger partial charge in [0, 0.05) is 11.6 Å². The highest BCUT2D eigenvalue weighted by molar-refractivity contribution is 5.99. The van der Waals surface area contributed by atoms with Crippen molar-refractivity contribution in [2.75, 3.05) is 0 Å². The average molecular weight is 298 g/mol. The molecule has 0 spiro atoms. The summed E-state index contributed by atoms with van der Waals surface area (Å²) in [6.45, 7) is 3.77. The van der Waals surface area contributed by atoms with Crippen LogP contribution in [0.2, 0.25) is 0 Å². The molecular weight excluding hydrogens is 280 g/mol. The van der Waals surface area contributed by atoms with Crippen molar-refractivity contribution >= 4 is 22.8 Å². The third-order valence-corrected chi connectivity index (χ3v) is 3.22. The maximum Gasteiger partial charge on any atom is 0.326 e. The van der Waals surface area contributed by atoms with Gasteiger partial charge in [-0.25, -0.2) is 4.79 Å². The first kappa shape index (κ1) is 15.7. The van der Waals surface area contributed by atoms with E-state index in [0.717, 1.165) is 16.5 Å². The molecule has 22 heavy (non-hydrogen) atoms. The van der Waals surface area contributed by atoms with Crippen molar-refractivity contribution < 1.29 is 14.7 Å². The number of amides is 1. The highest BCUT2D eigenvalue weighted by Gasteiger charge is 2.19. The van der Waals surface area contributed by atoms with Crippen molar-refractivity contribution in [3.63, 3.8) is 0 Å². The molecule has 0 unspecified atom stereocenters. The fourth-order valence-corrected chi connectivity index (χ4v) is 2.01. The van der Waals surface area contributed by atoms with Crippen LogP contribution in [0, 0.1) is 0 Å². The predicted octanol–water partition coefficient (Wildman–Crippen LogP) is 2.77. The number of hydrogen-bond donors (Lipinski definition) is 2. The molecular formula is C17H18N2O3. The topological polar surface area (TPSA) is 79.3 Å². The molecule has 0 fully saturated rings. The van der Waals surface area contributed by atoms with Gasteiger partial charge in [-0.1, -0.05) is 29.8 Å². The van der Waals surface area contributed by atoms with E-state index in [4.69, 9.17) is 0 Å². The number of carbonyl (C=O) groups excluding carboxylic acids is 1. The third kappa shape index (κ3) is 3.91. The SMILES string of the molecule is CC(C)=CC[C@@H](NC(=O)c1cnc2ccccc2c1)C(=O)O. The number of nitrogens with one attached hydrogen (secondary N) is 1. The lowest BCUT2D eigenvalue weighted by Gasteiger charge is -2.13. The molecule has 1 atom stereocenters. The molecule has 2 N–H and O–H groups in total. The molecule has 2 aromatic rings. The van der Waals surface area contributed by atoms with Crippen LogP contribution in [0.15, 0.2) is 48.2 Å². The maximum absolute atomic E-state index is 12.2. The van der Waals surface area contributed by atoms with Crippen LogP contribution < -0.4 is 5.32 Å². The highest BCUT2D eigenvalue weighted by atomic mass is 16.4. The number of allylic oxidation sites excluding steroid dienone is 1. The smallest absolute Gasteiger partial charge is 0.326 e. The first-order valence-corrected chi connectivity index (χ1v) is 6.99. The van der Waals surface area contributed by atoms with Gasteiger partial charge in [0.15, 0.2) is 0 Å². The minimum atomic E-state index is -1.06. The van der Waals surface area contributed by atoms with Crippen LogP contribution in [-0.4, -0.2) is 28.0 Å². The summed E-state index contributed by atoms with van der Waals surface area (Å²) in [6, 6.07) is 8.20. The fourth-order valence-electron chi connectivity index (χ4n) is 2.01. The van der Waals surface area contributed by atoms with Crippen molar-refractivity contribution in [3.8, 4) is 0 Å². The molecule has 0 saturated heterocycles. The molecule has 0 saturated carbocycles. The normalized spacial score (nSPS) is 11.7. The maximum atomic E-state index is 12.2. The minimum absolute atomic E-state index is 0.254. The number of benzene rings is 1. The first-order valence-electron chi connectivity index (χ1n) is 6.99. The van der Waals surface area contributed by atoms with Crippen LogP contribution in [0.4, 0.5) is 0 Å². The molecule has 2 rings (SSSR count). The van der Waals surface area contributed by atoms with Gasteiger partial charge in [0.2, 0.25) is 0 Å². The Balaban J connectivity index is 2.17. The Morgan fingerprint density at radius 1 is 1.32 bits per heavy atom. The van der Waals surface area contributed by atoms with E-state index in [-0.39, 0.29) is 6.42 Å². The molecule has 0 aliphatic rings. The van der Waals surface area contributed by atoms with Crippen LogP contribution in [0.3, 0.4) is 0 Å². The Hall–Kier alpha value is -2.69. The summed E-state index contributed by atoms with van der Waals surface area (Å²) < 4.78 is 0. The molecule has 0 aliphatic heterocycles. The van der Waals surface area contributed by atoms with Gasteiger partial charge in [-0.05, 0) is 32.4 Å². The van der Waals surface area contributed by atoms with Gasteiger partial charge in [0.25, 0.3) is 5.91 Å². The van der Waals surface area contributed by atoms with E-state index in [1.807, 2.05) is 38.1 Å². The zero-order chi connectivity index (χ0) is 16.1. The number of aliphatic carboxylic acids is 1. The summed E-state index contributed by atoms with van der Waals surface area (Å²) in [7, 11) is 0. The van der Waals surface area contributed by atoms with Crippen LogP contribution >= 0.6 is 0 Å². The van der Waals surface area contributed by atoms with Gasteiger partial charge in [-0.2, -0.15) is 0 Å². The monoisotopic (exact) mass is 298 g/mol. The van der Waals surface area contributed by atoms with Gasteiger partial charge in [0.05, 0.1) is 11.1 Å². The molecule has 0 aliphatic carbocycles. The zero-order valence-electron chi connectivity index (χ0n) is 12.5. The van der Waals surface area contributed by atoms with Gasteiger partial charge in [0.1, 0.15) is 6.04 Å². The number of pyridine rings is 1. The van der Waals surface area contributed by atoms with Gasteiger partial charge >= 0.3 is 5.97 Å². The summed E-state index contributed by atoms with van der Waals surface area (Å²) in [6.07, 6.45) is 3.50. The molecule has 0 bridgehead atoms. The number of carboxylic acids is 1. The molecule has 1 amide bonds. The molecule has 1 aromatic carbocycles. The number of hydrogen-bond acceptors (Lipinski definition) is 3. The van der Waals surface area contributed by atoms with E-state index in [1.54, 1.807) is 12.1 Å². The van der Waals surface area contributed by atoms with E-state index in [0.29, 0.717) is 5.56 Å². The molecule has 0 radical (unpaired) electrons. The Labute approximate surface area is 128 Å². The highest BCUT2D eigenvalue weighted by Crippen LogP contribution is 2.13. The Morgan fingerprint density at radius 2 is 2.05 bits per heavy atom. The van der Waals surface area contributed by atoms with Gasteiger partial charge < -0.3 is 10.4 Å². The van der Waals surface area contributed by atoms with Crippen LogP contribution in [0.5, 0.6) is 0 Å². The standard InChI is InChI=1S/C17H18N2O3/c1-11(2)7-8-15(17(21)22)19-16(20)13-9-12-5-3-4-6-14(12)18-10-13/h3-7,9-10,15H,8H2,1-2H3,(H,19,20)(H,21,22)/t15-/m1/s1. The number of aromatic nitrogens is 1. The largest absolute Gasteiger partial charge is 0.480 e. The first-order chi connectivity index (χ1) is 10.5. The van der Waals surface area contributed by atoms with E-state index < -0.39 is 17.9 Å². The van der Waals surface area contributed by atoms with Crippen LogP contribution in [-0.2, 0) is 4.79 Å². The van der Waals surface area contributed by atoms with Crippen LogP contribution in [0.25, 0.3) is 10.9 Å². The zero-order valence-corrected chi connectivity index (χ0v) is 12.5. The fraction of sp³-hybridized carbons (Fsp3) is 0.235. The lowest BCUT2D eigenvalue weighted by Crippen LogP contribution is -2.40. The molecule has 5 heteroatoms. The lowest BCUT2D eigenvalue weighted by atomic mass is 10.1. The van der Waals surface area contributed by atoms with Crippen molar-refractivity contribution in [3.05, 3.63) is 53.7 Å². The average Bonchev–Trinajstić information content (AvgIpc) is 2.50. The Kier molecular flexibility index (Phi) is 4.88. The second-order valence-electron chi connectivity index (χ2n) is 5.30. The lowest BCUT2D eigenvalue weighted by molar-refractivity contribution is -0.139. The Bertz CT molecular complexity index is 734. The van der Waals surface area contributed by atoms with Gasteiger partial charge in [-0.15, -0.1) is 0 Å². The summed E-state index contributed by atoms with van der Waals surface area (Å²) in [4.78, 5) is 27.7. The van der Waals surface area contributed by atoms with E-state index in [1.165, 1.54) is 6.20 Å². The molecule has 1 heterocycles. The molecule has 1 aromatic heterocycles. The second-order valence-corrected chi connectivity index (χ2v) is 5.30. The summed E-state index contributed by atoms with van der Waals surface area (Å²) >= 11 is 0. The predicted molar refractivity (Wildman–Crippen MR) is 84.7 cm³/mol. The number of rotatable bonds is 5. The number of carboxylic acid groups (broad SMARTS) is 1. The van der Waals surface area contributed by atoms with Gasteiger partial charge in [-0.3, -0.25) is 9.78 Å².